The van der Waals surface area contributed by atoms with E-state index in [2.05, 4.69) is 36.6 Å². The van der Waals surface area contributed by atoms with Gasteiger partial charge in [-0.15, -0.1) is 0 Å². The zero-order valence-corrected chi connectivity index (χ0v) is 10.7. The number of hydrogen-bond donors (Lipinski definition) is 0. The molecule has 0 saturated carbocycles. The van der Waals surface area contributed by atoms with Crippen molar-refractivity contribution in [2.45, 2.75) is 13.5 Å². The van der Waals surface area contributed by atoms with Crippen LogP contribution < -0.4 is 4.74 Å². The van der Waals surface area contributed by atoms with Crippen molar-refractivity contribution >= 4 is 37.6 Å². The number of Topliss-reactive ketones (excluding diaryl/α,β-unsaturated/α-hetero) is 1. The topological polar surface area (TPSA) is 26.3 Å². The third-order valence-corrected chi connectivity index (χ3v) is 3.07. The molecule has 0 aliphatic heterocycles. The molecule has 0 atom stereocenters. The van der Waals surface area contributed by atoms with Gasteiger partial charge in [-0.05, 0) is 35.0 Å². The second-order valence-electron chi connectivity index (χ2n) is 2.67. The van der Waals surface area contributed by atoms with E-state index < -0.39 is 6.61 Å². The number of carbonyl (C=O) groups excluding carboxylic acids is 1. The summed E-state index contributed by atoms with van der Waals surface area (Å²) >= 11 is 6.21. The summed E-state index contributed by atoms with van der Waals surface area (Å²) in [7, 11) is 0. The van der Waals surface area contributed by atoms with E-state index >= 15 is 0 Å². The fourth-order valence-electron chi connectivity index (χ4n) is 1.04. The second-order valence-corrected chi connectivity index (χ2v) is 4.32. The van der Waals surface area contributed by atoms with Crippen LogP contribution in [0.15, 0.2) is 21.1 Å². The first kappa shape index (κ1) is 12.6. The third-order valence-electron chi connectivity index (χ3n) is 1.62. The van der Waals surface area contributed by atoms with E-state index in [1.807, 2.05) is 0 Å². The molecule has 0 aliphatic rings. The van der Waals surface area contributed by atoms with Gasteiger partial charge in [0.2, 0.25) is 0 Å². The van der Waals surface area contributed by atoms with E-state index in [0.29, 0.717) is 4.47 Å². The van der Waals surface area contributed by atoms with Gasteiger partial charge < -0.3 is 4.74 Å². The van der Waals surface area contributed by atoms with Crippen molar-refractivity contribution in [2.75, 3.05) is 0 Å². The quantitative estimate of drug-likeness (QED) is 0.775. The maximum Gasteiger partial charge on any atom is 0.387 e. The van der Waals surface area contributed by atoms with E-state index in [4.69, 9.17) is 0 Å². The van der Waals surface area contributed by atoms with Crippen molar-refractivity contribution in [3.8, 4) is 5.75 Å². The first-order valence-electron chi connectivity index (χ1n) is 3.87. The lowest BCUT2D eigenvalue weighted by molar-refractivity contribution is -0.0504. The maximum atomic E-state index is 12.0. The molecule has 1 aromatic carbocycles. The number of carbonyl (C=O) groups is 1. The maximum absolute atomic E-state index is 12.0. The lowest BCUT2D eigenvalue weighted by Gasteiger charge is -2.10. The van der Waals surface area contributed by atoms with Gasteiger partial charge in [-0.3, -0.25) is 4.79 Å². The molecule has 0 amide bonds. The molecule has 0 unspecified atom stereocenters. The van der Waals surface area contributed by atoms with Gasteiger partial charge in [-0.1, -0.05) is 15.9 Å². The van der Waals surface area contributed by atoms with Crippen LogP contribution in [0.25, 0.3) is 0 Å². The van der Waals surface area contributed by atoms with E-state index in [1.54, 1.807) is 0 Å². The number of ketones is 1. The molecule has 0 aromatic heterocycles. The Hall–Kier alpha value is -0.490. The van der Waals surface area contributed by atoms with E-state index in [-0.39, 0.29) is 21.6 Å². The first-order valence-corrected chi connectivity index (χ1v) is 5.46. The molecular weight excluding hydrogens is 338 g/mol. The smallest absolute Gasteiger partial charge is 0.387 e. The van der Waals surface area contributed by atoms with E-state index in [1.165, 1.54) is 19.1 Å². The first-order chi connectivity index (χ1) is 6.93. The number of ether oxygens (including phenoxy) is 1. The summed E-state index contributed by atoms with van der Waals surface area (Å²) in [4.78, 5) is 11.2. The fourth-order valence-corrected chi connectivity index (χ4v) is 2.64. The molecule has 15 heavy (non-hydrogen) atoms. The zero-order valence-electron chi connectivity index (χ0n) is 7.56. The van der Waals surface area contributed by atoms with Crippen LogP contribution in [-0.4, -0.2) is 12.4 Å². The Morgan fingerprint density at radius 3 is 2.47 bits per heavy atom. The molecule has 0 spiro atoms. The molecule has 0 bridgehead atoms. The van der Waals surface area contributed by atoms with Crippen LogP contribution in [0.4, 0.5) is 8.78 Å². The highest BCUT2D eigenvalue weighted by molar-refractivity contribution is 9.11. The molecule has 1 rings (SSSR count). The number of benzene rings is 1. The van der Waals surface area contributed by atoms with Crippen molar-refractivity contribution < 1.29 is 18.3 Å². The Morgan fingerprint density at radius 1 is 1.40 bits per heavy atom. The zero-order chi connectivity index (χ0) is 11.6. The number of rotatable bonds is 3. The Bertz CT molecular complexity index is 394. The van der Waals surface area contributed by atoms with Crippen LogP contribution in [0.5, 0.6) is 5.75 Å². The molecule has 0 aliphatic carbocycles. The second kappa shape index (κ2) is 5.03. The normalized spacial score (nSPS) is 10.5. The van der Waals surface area contributed by atoms with Gasteiger partial charge >= 0.3 is 6.61 Å². The van der Waals surface area contributed by atoms with Gasteiger partial charge in [0.1, 0.15) is 5.75 Å². The van der Waals surface area contributed by atoms with Crippen LogP contribution in [0.3, 0.4) is 0 Å². The number of hydrogen-bond acceptors (Lipinski definition) is 2. The van der Waals surface area contributed by atoms with Gasteiger partial charge in [0.25, 0.3) is 0 Å². The minimum Gasteiger partial charge on any atom is -0.434 e. The van der Waals surface area contributed by atoms with Gasteiger partial charge in [0.15, 0.2) is 5.78 Å². The minimum atomic E-state index is -2.91. The van der Waals surface area contributed by atoms with Crippen LogP contribution >= 0.6 is 31.9 Å². The number of halogens is 4. The van der Waals surface area contributed by atoms with Crippen molar-refractivity contribution in [3.63, 3.8) is 0 Å². The van der Waals surface area contributed by atoms with Crippen LogP contribution in [0.1, 0.15) is 17.3 Å². The molecular formula is C9H6Br2F2O2. The Morgan fingerprint density at radius 2 is 2.00 bits per heavy atom. The highest BCUT2D eigenvalue weighted by Crippen LogP contribution is 2.34. The average molecular weight is 344 g/mol. The third kappa shape index (κ3) is 2.98. The Labute approximate surface area is 102 Å². The summed E-state index contributed by atoms with van der Waals surface area (Å²) in [6.07, 6.45) is 0. The Kier molecular flexibility index (Phi) is 4.21. The van der Waals surface area contributed by atoms with Crippen molar-refractivity contribution in [1.29, 1.82) is 0 Å². The molecule has 0 radical (unpaired) electrons. The molecule has 1 aromatic rings. The minimum absolute atomic E-state index is 0.0570. The van der Waals surface area contributed by atoms with Gasteiger partial charge in [0.05, 0.1) is 4.47 Å². The van der Waals surface area contributed by atoms with Gasteiger partial charge in [0, 0.05) is 10.0 Å². The summed E-state index contributed by atoms with van der Waals surface area (Å²) in [5.74, 6) is -0.299. The van der Waals surface area contributed by atoms with Gasteiger partial charge in [-0.25, -0.2) is 0 Å². The van der Waals surface area contributed by atoms with Gasteiger partial charge in [-0.2, -0.15) is 8.78 Å². The largest absolute Gasteiger partial charge is 0.434 e. The van der Waals surface area contributed by atoms with E-state index in [9.17, 15) is 13.6 Å². The highest BCUT2D eigenvalue weighted by atomic mass is 79.9. The van der Waals surface area contributed by atoms with Crippen molar-refractivity contribution in [3.05, 3.63) is 26.6 Å². The van der Waals surface area contributed by atoms with E-state index in [0.717, 1.165) is 0 Å². The highest BCUT2D eigenvalue weighted by Gasteiger charge is 2.16. The average Bonchev–Trinajstić information content (AvgIpc) is 2.09. The standard InChI is InChI=1S/C9H6Br2F2O2/c1-4(14)7-5(10)2-3-6(8(7)11)15-9(12)13/h2-3,9H,1H3. The predicted octanol–water partition coefficient (Wildman–Crippen LogP) is 4.02. The predicted molar refractivity (Wildman–Crippen MR) is 58.5 cm³/mol. The molecule has 2 nitrogen and oxygen atoms in total. The summed E-state index contributed by atoms with van der Waals surface area (Å²) in [6.45, 7) is -1.57. The van der Waals surface area contributed by atoms with Crippen LogP contribution in [0, 0.1) is 0 Å². The lowest BCUT2D eigenvalue weighted by atomic mass is 10.1. The van der Waals surface area contributed by atoms with Crippen LogP contribution in [0.2, 0.25) is 0 Å². The summed E-state index contributed by atoms with van der Waals surface area (Å²) in [5.41, 5.74) is 0.285. The monoisotopic (exact) mass is 342 g/mol. The lowest BCUT2D eigenvalue weighted by Crippen LogP contribution is -2.05. The summed E-state index contributed by atoms with van der Waals surface area (Å²) < 4.78 is 29.0. The van der Waals surface area contributed by atoms with Crippen molar-refractivity contribution in [2.24, 2.45) is 0 Å². The molecule has 0 saturated heterocycles. The number of alkyl halides is 2. The summed E-state index contributed by atoms with van der Waals surface area (Å²) in [5, 5.41) is 0. The molecule has 6 heteroatoms. The summed E-state index contributed by atoms with van der Waals surface area (Å²) in [6, 6.07) is 2.84. The van der Waals surface area contributed by atoms with Crippen LogP contribution in [-0.2, 0) is 0 Å². The Balaban J connectivity index is 3.22. The van der Waals surface area contributed by atoms with Crippen molar-refractivity contribution in [1.82, 2.24) is 0 Å². The molecule has 82 valence electrons. The molecule has 0 heterocycles. The fraction of sp³-hybridized carbons (Fsp3) is 0.222. The SMILES string of the molecule is CC(=O)c1c(Br)ccc(OC(F)F)c1Br. The molecule has 0 fully saturated rings. The molecule has 0 N–H and O–H groups in total.